The molecule has 2 aromatic rings. The summed E-state index contributed by atoms with van der Waals surface area (Å²) >= 11 is 0. The Kier molecular flexibility index (Phi) is 2.81. The summed E-state index contributed by atoms with van der Waals surface area (Å²) < 4.78 is 4.89. The van der Waals surface area contributed by atoms with Crippen molar-refractivity contribution in [2.75, 3.05) is 18.2 Å². The number of hydrogen-bond donors (Lipinski definition) is 2. The number of benzene rings is 1. The molecule has 0 aliphatic heterocycles. The van der Waals surface area contributed by atoms with E-state index in [0.717, 1.165) is 5.69 Å². The molecule has 0 fully saturated rings. The van der Waals surface area contributed by atoms with Crippen molar-refractivity contribution < 1.29 is 4.74 Å². The van der Waals surface area contributed by atoms with E-state index >= 15 is 0 Å². The van der Waals surface area contributed by atoms with Crippen molar-refractivity contribution in [1.29, 1.82) is 0 Å². The van der Waals surface area contributed by atoms with Gasteiger partial charge in [0.25, 0.3) is 0 Å². The average molecular weight is 217 g/mol. The average Bonchev–Trinajstić information content (AvgIpc) is 2.29. The van der Waals surface area contributed by atoms with Gasteiger partial charge in [-0.1, -0.05) is 18.2 Å². The summed E-state index contributed by atoms with van der Waals surface area (Å²) in [5, 5.41) is 3.00. The quantitative estimate of drug-likeness (QED) is 0.803. The minimum Gasteiger partial charge on any atom is -0.467 e. The number of anilines is 3. The number of aromatic nitrogens is 3. The van der Waals surface area contributed by atoms with Crippen LogP contribution in [-0.4, -0.2) is 22.1 Å². The van der Waals surface area contributed by atoms with E-state index in [4.69, 9.17) is 10.5 Å². The zero-order chi connectivity index (χ0) is 11.4. The lowest BCUT2D eigenvalue weighted by atomic mass is 10.3. The number of methoxy groups -OCH3 is 1. The summed E-state index contributed by atoms with van der Waals surface area (Å²) in [6.45, 7) is 0. The lowest BCUT2D eigenvalue weighted by molar-refractivity contribution is 0.380. The highest BCUT2D eigenvalue weighted by molar-refractivity contribution is 5.53. The molecule has 6 heteroatoms. The Morgan fingerprint density at radius 2 is 1.88 bits per heavy atom. The van der Waals surface area contributed by atoms with Gasteiger partial charge in [0, 0.05) is 5.69 Å². The van der Waals surface area contributed by atoms with Crippen LogP contribution < -0.4 is 15.8 Å². The number of rotatable bonds is 3. The topological polar surface area (TPSA) is 86.0 Å². The molecule has 0 unspecified atom stereocenters. The highest BCUT2D eigenvalue weighted by Crippen LogP contribution is 2.14. The van der Waals surface area contributed by atoms with Crippen LogP contribution in [0.5, 0.6) is 6.01 Å². The molecule has 0 atom stereocenters. The van der Waals surface area contributed by atoms with E-state index in [2.05, 4.69) is 20.3 Å². The fraction of sp³-hybridized carbons (Fsp3) is 0.100. The second-order valence-corrected chi connectivity index (χ2v) is 2.99. The summed E-state index contributed by atoms with van der Waals surface area (Å²) in [5.74, 6) is 0.473. The predicted octanol–water partition coefficient (Wildman–Crippen LogP) is 1.21. The normalized spacial score (nSPS) is 9.81. The van der Waals surface area contributed by atoms with E-state index in [1.807, 2.05) is 30.3 Å². The van der Waals surface area contributed by atoms with Crippen LogP contribution in [0.3, 0.4) is 0 Å². The molecule has 0 aliphatic carbocycles. The van der Waals surface area contributed by atoms with Crippen molar-refractivity contribution in [3.63, 3.8) is 0 Å². The van der Waals surface area contributed by atoms with Crippen molar-refractivity contribution in [3.05, 3.63) is 30.3 Å². The largest absolute Gasteiger partial charge is 0.467 e. The summed E-state index contributed by atoms with van der Waals surface area (Å²) in [7, 11) is 1.47. The molecule has 0 amide bonds. The standard InChI is InChI=1S/C10H11N5O/c1-16-10-14-8(11)13-9(15-10)12-7-5-3-2-4-6-7/h2-6H,1H3,(H3,11,12,13,14,15). The highest BCUT2D eigenvalue weighted by Gasteiger charge is 2.03. The van der Waals surface area contributed by atoms with Crippen LogP contribution >= 0.6 is 0 Å². The van der Waals surface area contributed by atoms with Crippen molar-refractivity contribution in [3.8, 4) is 6.01 Å². The van der Waals surface area contributed by atoms with E-state index < -0.39 is 0 Å². The molecular formula is C10H11N5O. The molecule has 1 aromatic carbocycles. The highest BCUT2D eigenvalue weighted by atomic mass is 16.5. The van der Waals surface area contributed by atoms with Crippen LogP contribution in [0.1, 0.15) is 0 Å². The summed E-state index contributed by atoms with van der Waals surface area (Å²) in [6.07, 6.45) is 0. The van der Waals surface area contributed by atoms with Crippen LogP contribution in [0.25, 0.3) is 0 Å². The monoisotopic (exact) mass is 217 g/mol. The van der Waals surface area contributed by atoms with Gasteiger partial charge in [0.05, 0.1) is 7.11 Å². The van der Waals surface area contributed by atoms with E-state index in [1.54, 1.807) is 0 Å². The first kappa shape index (κ1) is 10.2. The number of nitrogens with one attached hydrogen (secondary N) is 1. The molecule has 2 rings (SSSR count). The Hall–Kier alpha value is -2.37. The van der Waals surface area contributed by atoms with Crippen molar-refractivity contribution in [2.45, 2.75) is 0 Å². The van der Waals surface area contributed by atoms with E-state index in [-0.39, 0.29) is 12.0 Å². The van der Waals surface area contributed by atoms with Gasteiger partial charge in [-0.05, 0) is 12.1 Å². The minimum absolute atomic E-state index is 0.116. The summed E-state index contributed by atoms with van der Waals surface area (Å²) in [5.41, 5.74) is 6.38. The van der Waals surface area contributed by atoms with Crippen LogP contribution in [0.2, 0.25) is 0 Å². The lowest BCUT2D eigenvalue weighted by Gasteiger charge is -2.05. The van der Waals surface area contributed by atoms with Gasteiger partial charge in [0.1, 0.15) is 0 Å². The Balaban J connectivity index is 2.24. The molecule has 16 heavy (non-hydrogen) atoms. The van der Waals surface area contributed by atoms with Crippen molar-refractivity contribution in [1.82, 2.24) is 15.0 Å². The Bertz CT molecular complexity index is 474. The maximum atomic E-state index is 5.51. The van der Waals surface area contributed by atoms with Gasteiger partial charge in [-0.25, -0.2) is 0 Å². The maximum absolute atomic E-state index is 5.51. The van der Waals surface area contributed by atoms with Crippen LogP contribution in [0.15, 0.2) is 30.3 Å². The van der Waals surface area contributed by atoms with Crippen LogP contribution in [0.4, 0.5) is 17.6 Å². The Morgan fingerprint density at radius 3 is 2.56 bits per heavy atom. The number of hydrogen-bond acceptors (Lipinski definition) is 6. The van der Waals surface area contributed by atoms with Gasteiger partial charge in [-0.2, -0.15) is 15.0 Å². The molecule has 0 radical (unpaired) electrons. The first-order valence-corrected chi connectivity index (χ1v) is 4.65. The number of nitrogen functional groups attached to an aromatic ring is 1. The fourth-order valence-corrected chi connectivity index (χ4v) is 1.17. The molecule has 3 N–H and O–H groups in total. The van der Waals surface area contributed by atoms with E-state index in [9.17, 15) is 0 Å². The molecule has 0 saturated heterocycles. The summed E-state index contributed by atoms with van der Waals surface area (Å²) in [6, 6.07) is 9.71. The van der Waals surface area contributed by atoms with Gasteiger partial charge in [0.15, 0.2) is 0 Å². The molecular weight excluding hydrogens is 206 g/mol. The third kappa shape index (κ3) is 2.35. The van der Waals surface area contributed by atoms with Crippen molar-refractivity contribution in [2.24, 2.45) is 0 Å². The van der Waals surface area contributed by atoms with E-state index in [1.165, 1.54) is 7.11 Å². The molecule has 6 nitrogen and oxygen atoms in total. The van der Waals surface area contributed by atoms with Crippen molar-refractivity contribution >= 4 is 17.6 Å². The van der Waals surface area contributed by atoms with Gasteiger partial charge in [-0.3, -0.25) is 0 Å². The zero-order valence-corrected chi connectivity index (χ0v) is 8.71. The number of nitrogens with zero attached hydrogens (tertiary/aromatic N) is 3. The number of para-hydroxylation sites is 1. The van der Waals surface area contributed by atoms with Crippen LogP contribution in [0, 0.1) is 0 Å². The first-order chi connectivity index (χ1) is 7.78. The maximum Gasteiger partial charge on any atom is 0.322 e. The van der Waals surface area contributed by atoms with Gasteiger partial charge in [-0.15, -0.1) is 0 Å². The number of ether oxygens (including phenoxy) is 1. The van der Waals surface area contributed by atoms with E-state index in [0.29, 0.717) is 5.95 Å². The SMILES string of the molecule is COc1nc(N)nc(Nc2ccccc2)n1. The molecule has 1 aromatic heterocycles. The first-order valence-electron chi connectivity index (χ1n) is 4.65. The number of nitrogens with two attached hydrogens (primary N) is 1. The Labute approximate surface area is 92.5 Å². The molecule has 0 spiro atoms. The van der Waals surface area contributed by atoms with Gasteiger partial charge >= 0.3 is 6.01 Å². The third-order valence-electron chi connectivity index (χ3n) is 1.84. The minimum atomic E-state index is 0.116. The Morgan fingerprint density at radius 1 is 1.12 bits per heavy atom. The van der Waals surface area contributed by atoms with Crippen LogP contribution in [-0.2, 0) is 0 Å². The second-order valence-electron chi connectivity index (χ2n) is 2.99. The molecule has 1 heterocycles. The summed E-state index contributed by atoms with van der Waals surface area (Å²) in [4.78, 5) is 11.7. The van der Waals surface area contributed by atoms with Gasteiger partial charge < -0.3 is 15.8 Å². The van der Waals surface area contributed by atoms with Gasteiger partial charge in [0.2, 0.25) is 11.9 Å². The molecule has 0 saturated carbocycles. The predicted molar refractivity (Wildman–Crippen MR) is 60.5 cm³/mol. The molecule has 82 valence electrons. The molecule has 0 bridgehead atoms. The smallest absolute Gasteiger partial charge is 0.322 e. The third-order valence-corrected chi connectivity index (χ3v) is 1.84. The second kappa shape index (κ2) is 4.43. The lowest BCUT2D eigenvalue weighted by Crippen LogP contribution is -2.04. The fourth-order valence-electron chi connectivity index (χ4n) is 1.17. The molecule has 0 aliphatic rings. The zero-order valence-electron chi connectivity index (χ0n) is 8.71.